The number of nitrogens with one attached hydrogen (secondary N) is 1. The van der Waals surface area contributed by atoms with E-state index in [0.29, 0.717) is 29.7 Å². The number of hydrogen-bond donors (Lipinski definition) is 1. The summed E-state index contributed by atoms with van der Waals surface area (Å²) in [5.74, 6) is 1.06. The molecule has 0 aliphatic heterocycles. The third-order valence-electron chi connectivity index (χ3n) is 7.74. The van der Waals surface area contributed by atoms with Crippen LogP contribution in [0.2, 0.25) is 5.02 Å². The molecule has 41 heavy (non-hydrogen) atoms. The summed E-state index contributed by atoms with van der Waals surface area (Å²) in [7, 11) is 0. The first-order valence-electron chi connectivity index (χ1n) is 14.8. The van der Waals surface area contributed by atoms with Gasteiger partial charge in [-0.1, -0.05) is 118 Å². The molecule has 1 saturated carbocycles. The summed E-state index contributed by atoms with van der Waals surface area (Å²) < 4.78 is 0. The summed E-state index contributed by atoms with van der Waals surface area (Å²) in [5.41, 5.74) is 4.66. The monoisotopic (exact) mass is 566 g/mol. The van der Waals surface area contributed by atoms with E-state index in [4.69, 9.17) is 21.6 Å². The number of aromatic nitrogens is 2. The first-order chi connectivity index (χ1) is 20.0. The Labute approximate surface area is 249 Å². The smallest absolute Gasteiger partial charge is 0.242 e. The quantitative estimate of drug-likeness (QED) is 0.209. The zero-order chi connectivity index (χ0) is 28.6. The van der Waals surface area contributed by atoms with Gasteiger partial charge in [0.15, 0.2) is 0 Å². The van der Waals surface area contributed by atoms with Crippen molar-refractivity contribution < 1.29 is 4.79 Å². The van der Waals surface area contributed by atoms with Crippen molar-refractivity contribution in [3.05, 3.63) is 102 Å². The first-order valence-corrected chi connectivity index (χ1v) is 15.1. The lowest BCUT2D eigenvalue weighted by molar-refractivity contribution is -0.123. The van der Waals surface area contributed by atoms with E-state index >= 15 is 0 Å². The van der Waals surface area contributed by atoms with Gasteiger partial charge in [0.1, 0.15) is 11.9 Å². The highest BCUT2D eigenvalue weighted by Crippen LogP contribution is 2.32. The Balaban J connectivity index is 1.59. The standard InChI is InChI=1S/C35H39ClN4O/c1-25(2)22-31(35(41)38-30-16-10-5-11-17-30)40(24-26-18-20-29(36)21-19-26)32-23-37-33(27-12-6-3-7-13-27)34(39-32)28-14-8-4-9-15-28/h3-4,6-9,12-15,18-21,23,25,30-31H,5,10-11,16-17,22,24H2,1-2H3,(H,38,41). The lowest BCUT2D eigenvalue weighted by atomic mass is 9.94. The number of benzene rings is 3. The number of rotatable bonds is 10. The van der Waals surface area contributed by atoms with Crippen LogP contribution in [-0.2, 0) is 11.3 Å². The fourth-order valence-corrected chi connectivity index (χ4v) is 5.75. The Morgan fingerprint density at radius 2 is 1.49 bits per heavy atom. The van der Waals surface area contributed by atoms with Crippen molar-refractivity contribution in [1.82, 2.24) is 15.3 Å². The fourth-order valence-electron chi connectivity index (χ4n) is 5.63. The summed E-state index contributed by atoms with van der Waals surface area (Å²) in [6.07, 6.45) is 8.20. The van der Waals surface area contributed by atoms with Crippen molar-refractivity contribution in [1.29, 1.82) is 0 Å². The molecular weight excluding hydrogens is 528 g/mol. The number of amides is 1. The topological polar surface area (TPSA) is 58.1 Å². The molecule has 1 atom stereocenters. The molecule has 1 unspecified atom stereocenters. The zero-order valence-corrected chi connectivity index (χ0v) is 24.7. The molecule has 212 valence electrons. The van der Waals surface area contributed by atoms with Crippen LogP contribution in [0.4, 0.5) is 5.82 Å². The van der Waals surface area contributed by atoms with Gasteiger partial charge in [0, 0.05) is 28.7 Å². The van der Waals surface area contributed by atoms with Gasteiger partial charge >= 0.3 is 0 Å². The summed E-state index contributed by atoms with van der Waals surface area (Å²) in [6.45, 7) is 4.85. The van der Waals surface area contributed by atoms with Crippen molar-refractivity contribution >= 4 is 23.3 Å². The van der Waals surface area contributed by atoms with Gasteiger partial charge in [0.05, 0.1) is 17.6 Å². The first kappa shape index (κ1) is 28.8. The van der Waals surface area contributed by atoms with Crippen LogP contribution in [0.1, 0.15) is 57.9 Å². The Hall–Kier alpha value is -3.70. The molecule has 0 bridgehead atoms. The van der Waals surface area contributed by atoms with E-state index in [9.17, 15) is 4.79 Å². The predicted molar refractivity (Wildman–Crippen MR) is 169 cm³/mol. The van der Waals surface area contributed by atoms with Crippen LogP contribution in [-0.4, -0.2) is 28.0 Å². The van der Waals surface area contributed by atoms with Crippen molar-refractivity contribution in [3.8, 4) is 22.5 Å². The fraction of sp³-hybridized carbons (Fsp3) is 0.343. The normalized spacial score (nSPS) is 14.5. The highest BCUT2D eigenvalue weighted by atomic mass is 35.5. The molecule has 1 aliphatic rings. The SMILES string of the molecule is CC(C)CC(C(=O)NC1CCCCC1)N(Cc1ccc(Cl)cc1)c1cnc(-c2ccccc2)c(-c2ccccc2)n1. The van der Waals surface area contributed by atoms with E-state index < -0.39 is 6.04 Å². The Bertz CT molecular complexity index is 1400. The van der Waals surface area contributed by atoms with E-state index in [1.54, 1.807) is 0 Å². The van der Waals surface area contributed by atoms with Crippen molar-refractivity contribution in [2.45, 2.75) is 71.0 Å². The summed E-state index contributed by atoms with van der Waals surface area (Å²) in [6, 6.07) is 28.0. The molecule has 1 heterocycles. The Kier molecular flexibility index (Phi) is 9.68. The molecule has 0 radical (unpaired) electrons. The lowest BCUT2D eigenvalue weighted by Crippen LogP contribution is -2.51. The second kappa shape index (κ2) is 13.8. The summed E-state index contributed by atoms with van der Waals surface area (Å²) >= 11 is 6.22. The van der Waals surface area contributed by atoms with Crippen LogP contribution < -0.4 is 10.2 Å². The summed E-state index contributed by atoms with van der Waals surface area (Å²) in [4.78, 5) is 26.4. The van der Waals surface area contributed by atoms with E-state index in [1.807, 2.05) is 66.9 Å². The van der Waals surface area contributed by atoms with Crippen LogP contribution in [0, 0.1) is 5.92 Å². The predicted octanol–water partition coefficient (Wildman–Crippen LogP) is 8.33. The van der Waals surface area contributed by atoms with Crippen LogP contribution in [0.15, 0.2) is 91.1 Å². The van der Waals surface area contributed by atoms with Crippen molar-refractivity contribution in [3.63, 3.8) is 0 Å². The van der Waals surface area contributed by atoms with Crippen LogP contribution in [0.3, 0.4) is 0 Å². The third kappa shape index (κ3) is 7.53. The molecule has 1 aromatic heterocycles. The molecule has 0 saturated heterocycles. The minimum atomic E-state index is -0.395. The van der Waals surface area contributed by atoms with E-state index in [1.165, 1.54) is 19.3 Å². The molecule has 4 aromatic rings. The molecule has 6 heteroatoms. The van der Waals surface area contributed by atoms with Gasteiger partial charge in [0.25, 0.3) is 0 Å². The molecule has 1 N–H and O–H groups in total. The van der Waals surface area contributed by atoms with Gasteiger partial charge in [-0.3, -0.25) is 9.78 Å². The number of carbonyl (C=O) groups is 1. The number of hydrogen-bond acceptors (Lipinski definition) is 4. The van der Waals surface area contributed by atoms with Gasteiger partial charge in [-0.15, -0.1) is 0 Å². The highest BCUT2D eigenvalue weighted by Gasteiger charge is 2.31. The van der Waals surface area contributed by atoms with E-state index in [-0.39, 0.29) is 11.9 Å². The number of anilines is 1. The molecule has 5 rings (SSSR count). The highest BCUT2D eigenvalue weighted by molar-refractivity contribution is 6.30. The Morgan fingerprint density at radius 1 is 0.878 bits per heavy atom. The second-order valence-corrected chi connectivity index (χ2v) is 11.8. The number of nitrogens with zero attached hydrogens (tertiary/aromatic N) is 3. The minimum absolute atomic E-state index is 0.0646. The van der Waals surface area contributed by atoms with Crippen LogP contribution in [0.5, 0.6) is 0 Å². The maximum Gasteiger partial charge on any atom is 0.242 e. The van der Waals surface area contributed by atoms with Gasteiger partial charge in [-0.25, -0.2) is 4.98 Å². The average Bonchev–Trinajstić information content (AvgIpc) is 3.01. The van der Waals surface area contributed by atoms with E-state index in [2.05, 4.69) is 48.3 Å². The van der Waals surface area contributed by atoms with Crippen molar-refractivity contribution in [2.75, 3.05) is 4.90 Å². The molecule has 3 aromatic carbocycles. The molecule has 1 fully saturated rings. The van der Waals surface area contributed by atoms with Gasteiger partial charge < -0.3 is 10.2 Å². The maximum absolute atomic E-state index is 14.0. The molecule has 1 amide bonds. The minimum Gasteiger partial charge on any atom is -0.352 e. The van der Waals surface area contributed by atoms with Gasteiger partial charge in [0.2, 0.25) is 5.91 Å². The number of halogens is 1. The van der Waals surface area contributed by atoms with Gasteiger partial charge in [-0.05, 0) is 42.9 Å². The molecule has 5 nitrogen and oxygen atoms in total. The summed E-state index contributed by atoms with van der Waals surface area (Å²) in [5, 5.41) is 4.09. The van der Waals surface area contributed by atoms with Crippen LogP contribution in [0.25, 0.3) is 22.5 Å². The van der Waals surface area contributed by atoms with Crippen LogP contribution >= 0.6 is 11.6 Å². The number of carbonyl (C=O) groups excluding carboxylic acids is 1. The molecule has 1 aliphatic carbocycles. The van der Waals surface area contributed by atoms with Crippen molar-refractivity contribution in [2.24, 2.45) is 5.92 Å². The average molecular weight is 567 g/mol. The molecule has 0 spiro atoms. The maximum atomic E-state index is 14.0. The second-order valence-electron chi connectivity index (χ2n) is 11.4. The molecular formula is C35H39ClN4O. The third-order valence-corrected chi connectivity index (χ3v) is 7.99. The lowest BCUT2D eigenvalue weighted by Gasteiger charge is -2.35. The zero-order valence-electron chi connectivity index (χ0n) is 24.0. The largest absolute Gasteiger partial charge is 0.352 e. The van der Waals surface area contributed by atoms with E-state index in [0.717, 1.165) is 40.9 Å². The van der Waals surface area contributed by atoms with Gasteiger partial charge in [-0.2, -0.15) is 0 Å². The Morgan fingerprint density at radius 3 is 2.10 bits per heavy atom.